The molecule has 0 aliphatic rings. The highest BCUT2D eigenvalue weighted by Crippen LogP contribution is 2.31. The van der Waals surface area contributed by atoms with Crippen LogP contribution >= 0.6 is 0 Å². The fraction of sp³-hybridized carbons (Fsp3) is 0.125. The summed E-state index contributed by atoms with van der Waals surface area (Å²) in [4.78, 5) is 0. The number of nitrogens with zero attached hydrogens (tertiary/aromatic N) is 2. The minimum Gasteiger partial charge on any atom is -0.484 e. The number of ether oxygens (including phenoxy) is 1. The highest BCUT2D eigenvalue weighted by Gasteiger charge is 2.30. The molecule has 3 rings (SSSR count). The molecule has 1 aromatic heterocycles. The summed E-state index contributed by atoms with van der Waals surface area (Å²) in [6.07, 6.45) is -4.41. The van der Waals surface area contributed by atoms with Gasteiger partial charge < -0.3 is 9.15 Å². The summed E-state index contributed by atoms with van der Waals surface area (Å²) in [6.45, 7) is -0.110. The van der Waals surface area contributed by atoms with Crippen molar-refractivity contribution in [3.8, 4) is 17.2 Å². The molecule has 0 fully saturated rings. The monoisotopic (exact) mass is 320 g/mol. The molecule has 0 bridgehead atoms. The first-order chi connectivity index (χ1) is 11.0. The second-order valence-electron chi connectivity index (χ2n) is 4.68. The van der Waals surface area contributed by atoms with Gasteiger partial charge in [-0.3, -0.25) is 0 Å². The van der Waals surface area contributed by atoms with Crippen LogP contribution in [0.4, 0.5) is 13.2 Å². The van der Waals surface area contributed by atoms with E-state index in [-0.39, 0.29) is 18.2 Å². The van der Waals surface area contributed by atoms with E-state index in [2.05, 4.69) is 10.2 Å². The zero-order chi connectivity index (χ0) is 16.3. The lowest BCUT2D eigenvalue weighted by molar-refractivity contribution is -0.137. The molecule has 0 N–H and O–H groups in total. The summed E-state index contributed by atoms with van der Waals surface area (Å²) in [6, 6.07) is 13.8. The lowest BCUT2D eigenvalue weighted by Gasteiger charge is -2.08. The summed E-state index contributed by atoms with van der Waals surface area (Å²) in [5.74, 6) is 0.591. The SMILES string of the molecule is FC(F)(F)c1cccc(OCc2nnc(-c3ccccc3)o2)c1. The maximum absolute atomic E-state index is 12.6. The Morgan fingerprint density at radius 1 is 0.957 bits per heavy atom. The van der Waals surface area contributed by atoms with Gasteiger partial charge in [0.25, 0.3) is 5.89 Å². The van der Waals surface area contributed by atoms with Crippen molar-refractivity contribution in [2.24, 2.45) is 0 Å². The number of halogens is 3. The van der Waals surface area contributed by atoms with Crippen molar-refractivity contribution in [2.75, 3.05) is 0 Å². The lowest BCUT2D eigenvalue weighted by atomic mass is 10.2. The Labute approximate surface area is 129 Å². The molecule has 0 saturated heterocycles. The maximum Gasteiger partial charge on any atom is 0.416 e. The second kappa shape index (κ2) is 6.12. The van der Waals surface area contributed by atoms with Gasteiger partial charge in [-0.15, -0.1) is 10.2 Å². The van der Waals surface area contributed by atoms with Crippen LogP contribution in [0, 0.1) is 0 Å². The molecule has 0 amide bonds. The van der Waals surface area contributed by atoms with Crippen molar-refractivity contribution in [2.45, 2.75) is 12.8 Å². The molecular weight excluding hydrogens is 309 g/mol. The first-order valence-corrected chi connectivity index (χ1v) is 6.70. The van der Waals surface area contributed by atoms with Crippen molar-refractivity contribution in [3.05, 3.63) is 66.1 Å². The van der Waals surface area contributed by atoms with Gasteiger partial charge >= 0.3 is 6.18 Å². The van der Waals surface area contributed by atoms with Gasteiger partial charge in [0, 0.05) is 5.56 Å². The number of alkyl halides is 3. The number of hydrogen-bond acceptors (Lipinski definition) is 4. The lowest BCUT2D eigenvalue weighted by Crippen LogP contribution is -2.05. The standard InChI is InChI=1S/C16H11F3N2O2/c17-16(18,19)12-7-4-8-13(9-12)22-10-14-20-21-15(23-14)11-5-2-1-3-6-11/h1-9H,10H2. The molecule has 23 heavy (non-hydrogen) atoms. The van der Waals surface area contributed by atoms with Gasteiger partial charge in [-0.25, -0.2) is 0 Å². The van der Waals surface area contributed by atoms with E-state index >= 15 is 0 Å². The van der Waals surface area contributed by atoms with Crippen LogP contribution in [0.1, 0.15) is 11.5 Å². The molecule has 0 atom stereocenters. The Kier molecular flexibility index (Phi) is 4.01. The average Bonchev–Trinajstić information content (AvgIpc) is 3.02. The Morgan fingerprint density at radius 3 is 2.48 bits per heavy atom. The van der Waals surface area contributed by atoms with E-state index in [1.807, 2.05) is 30.3 Å². The molecule has 0 saturated carbocycles. The Bertz CT molecular complexity index is 785. The summed E-state index contributed by atoms with van der Waals surface area (Å²) >= 11 is 0. The van der Waals surface area contributed by atoms with E-state index in [0.29, 0.717) is 5.89 Å². The van der Waals surface area contributed by atoms with Crippen molar-refractivity contribution in [1.82, 2.24) is 10.2 Å². The first-order valence-electron chi connectivity index (χ1n) is 6.70. The van der Waals surface area contributed by atoms with Crippen molar-refractivity contribution >= 4 is 0 Å². The smallest absolute Gasteiger partial charge is 0.416 e. The molecule has 0 spiro atoms. The van der Waals surface area contributed by atoms with Gasteiger partial charge in [-0.05, 0) is 30.3 Å². The Balaban J connectivity index is 1.69. The Morgan fingerprint density at radius 2 is 1.74 bits per heavy atom. The molecule has 0 aliphatic carbocycles. The summed E-state index contributed by atoms with van der Waals surface area (Å²) in [5.41, 5.74) is -0.0178. The highest BCUT2D eigenvalue weighted by atomic mass is 19.4. The normalized spacial score (nSPS) is 11.4. The molecule has 3 aromatic rings. The van der Waals surface area contributed by atoms with Gasteiger partial charge in [0.05, 0.1) is 5.56 Å². The molecule has 0 unspecified atom stereocenters. The van der Waals surface area contributed by atoms with Crippen LogP contribution in [0.2, 0.25) is 0 Å². The molecule has 118 valence electrons. The second-order valence-corrected chi connectivity index (χ2v) is 4.68. The van der Waals surface area contributed by atoms with E-state index in [1.165, 1.54) is 12.1 Å². The van der Waals surface area contributed by atoms with E-state index < -0.39 is 11.7 Å². The van der Waals surface area contributed by atoms with E-state index in [9.17, 15) is 13.2 Å². The van der Waals surface area contributed by atoms with E-state index in [0.717, 1.165) is 17.7 Å². The number of hydrogen-bond donors (Lipinski definition) is 0. The molecule has 1 heterocycles. The maximum atomic E-state index is 12.6. The molecule has 4 nitrogen and oxygen atoms in total. The fourth-order valence-electron chi connectivity index (χ4n) is 1.92. The molecule has 2 aromatic carbocycles. The van der Waals surface area contributed by atoms with Crippen molar-refractivity contribution in [1.29, 1.82) is 0 Å². The average molecular weight is 320 g/mol. The van der Waals surface area contributed by atoms with Crippen LogP contribution in [0.5, 0.6) is 5.75 Å². The van der Waals surface area contributed by atoms with Crippen LogP contribution in [0.25, 0.3) is 11.5 Å². The third-order valence-corrected chi connectivity index (χ3v) is 3.01. The molecule has 0 aliphatic heterocycles. The van der Waals surface area contributed by atoms with Crippen LogP contribution in [0.3, 0.4) is 0 Å². The minimum atomic E-state index is -4.41. The topological polar surface area (TPSA) is 48.2 Å². The summed E-state index contributed by atoms with van der Waals surface area (Å²) in [7, 11) is 0. The number of benzene rings is 2. The zero-order valence-electron chi connectivity index (χ0n) is 11.7. The zero-order valence-corrected chi connectivity index (χ0v) is 11.7. The van der Waals surface area contributed by atoms with Crippen LogP contribution in [0.15, 0.2) is 59.0 Å². The van der Waals surface area contributed by atoms with Crippen molar-refractivity contribution < 1.29 is 22.3 Å². The van der Waals surface area contributed by atoms with Gasteiger partial charge in [-0.1, -0.05) is 24.3 Å². The predicted molar refractivity (Wildman–Crippen MR) is 75.5 cm³/mol. The van der Waals surface area contributed by atoms with E-state index in [4.69, 9.17) is 9.15 Å². The van der Waals surface area contributed by atoms with Gasteiger partial charge in [0.2, 0.25) is 5.89 Å². The van der Waals surface area contributed by atoms with Gasteiger partial charge in [-0.2, -0.15) is 13.2 Å². The van der Waals surface area contributed by atoms with E-state index in [1.54, 1.807) is 0 Å². The third-order valence-electron chi connectivity index (χ3n) is 3.01. The summed E-state index contributed by atoms with van der Waals surface area (Å²) in [5, 5.41) is 7.69. The predicted octanol–water partition coefficient (Wildman–Crippen LogP) is 4.33. The Hall–Kier alpha value is -2.83. The minimum absolute atomic E-state index is 0.0827. The quantitative estimate of drug-likeness (QED) is 0.718. The van der Waals surface area contributed by atoms with Gasteiger partial charge in [0.15, 0.2) is 6.61 Å². The molecule has 7 heteroatoms. The van der Waals surface area contributed by atoms with Gasteiger partial charge in [0.1, 0.15) is 5.75 Å². The fourth-order valence-corrected chi connectivity index (χ4v) is 1.92. The van der Waals surface area contributed by atoms with Crippen LogP contribution in [-0.4, -0.2) is 10.2 Å². The van der Waals surface area contributed by atoms with Crippen LogP contribution in [-0.2, 0) is 12.8 Å². The molecular formula is C16H11F3N2O2. The number of rotatable bonds is 4. The summed E-state index contributed by atoms with van der Waals surface area (Å²) < 4.78 is 48.6. The van der Waals surface area contributed by atoms with Crippen molar-refractivity contribution in [3.63, 3.8) is 0 Å². The first kappa shape index (κ1) is 15.1. The largest absolute Gasteiger partial charge is 0.484 e. The highest BCUT2D eigenvalue weighted by molar-refractivity contribution is 5.51. The third kappa shape index (κ3) is 3.68. The number of aromatic nitrogens is 2. The van der Waals surface area contributed by atoms with Crippen LogP contribution < -0.4 is 4.74 Å². The molecule has 0 radical (unpaired) electrons.